The number of hydrogen-bond donors (Lipinski definition) is 2. The topological polar surface area (TPSA) is 59.4 Å². The van der Waals surface area contributed by atoms with Crippen LogP contribution in [0.2, 0.25) is 0 Å². The summed E-state index contributed by atoms with van der Waals surface area (Å²) in [4.78, 5) is 0. The summed E-state index contributed by atoms with van der Waals surface area (Å²) >= 11 is 0. The average Bonchev–Trinajstić information content (AvgIpc) is 2.92. The lowest BCUT2D eigenvalue weighted by Gasteiger charge is -2.41. The number of fused-ring (bicyclic) bond motifs is 1. The van der Waals surface area contributed by atoms with Crippen LogP contribution in [0.15, 0.2) is 41.0 Å². The van der Waals surface area contributed by atoms with Crippen molar-refractivity contribution in [1.29, 1.82) is 0 Å². The second-order valence-corrected chi connectivity index (χ2v) is 5.74. The molecule has 2 unspecified atom stereocenters. The van der Waals surface area contributed by atoms with E-state index in [1.165, 1.54) is 11.1 Å². The second-order valence-electron chi connectivity index (χ2n) is 5.74. The molecule has 1 aromatic carbocycles. The summed E-state index contributed by atoms with van der Waals surface area (Å²) in [6, 6.07) is 10.2. The van der Waals surface area contributed by atoms with Gasteiger partial charge in [0.25, 0.3) is 0 Å². The van der Waals surface area contributed by atoms with Gasteiger partial charge < -0.3 is 15.3 Å². The SMILES string of the molecule is Cc1ccoc1C(O)C1(CN)CCCc2ccccc21. The predicted octanol–water partition coefficient (Wildman–Crippen LogP) is 2.85. The van der Waals surface area contributed by atoms with Crippen LogP contribution in [0.1, 0.15) is 41.4 Å². The highest BCUT2D eigenvalue weighted by molar-refractivity contribution is 5.40. The lowest BCUT2D eigenvalue weighted by Crippen LogP contribution is -2.43. The molecule has 2 atom stereocenters. The van der Waals surface area contributed by atoms with Gasteiger partial charge >= 0.3 is 0 Å². The highest BCUT2D eigenvalue weighted by Gasteiger charge is 2.44. The van der Waals surface area contributed by atoms with Crippen LogP contribution in [0.3, 0.4) is 0 Å². The zero-order valence-electron chi connectivity index (χ0n) is 11.8. The van der Waals surface area contributed by atoms with Crippen molar-refractivity contribution < 1.29 is 9.52 Å². The first-order valence-corrected chi connectivity index (χ1v) is 7.19. The van der Waals surface area contributed by atoms with Gasteiger partial charge in [-0.3, -0.25) is 0 Å². The van der Waals surface area contributed by atoms with Crippen molar-refractivity contribution in [3.8, 4) is 0 Å². The quantitative estimate of drug-likeness (QED) is 0.902. The standard InChI is InChI=1S/C17H21NO2/c1-12-8-10-20-15(12)16(19)17(11-18)9-4-6-13-5-2-3-7-14(13)17/h2-3,5,7-8,10,16,19H,4,6,9,11,18H2,1H3. The van der Waals surface area contributed by atoms with E-state index in [-0.39, 0.29) is 0 Å². The molecular weight excluding hydrogens is 250 g/mol. The maximum atomic E-state index is 10.9. The molecule has 1 heterocycles. The van der Waals surface area contributed by atoms with Gasteiger partial charge in [-0.05, 0) is 48.9 Å². The van der Waals surface area contributed by atoms with Gasteiger partial charge in [0, 0.05) is 12.0 Å². The smallest absolute Gasteiger partial charge is 0.136 e. The largest absolute Gasteiger partial charge is 0.466 e. The summed E-state index contributed by atoms with van der Waals surface area (Å²) in [5.41, 5.74) is 9.13. The van der Waals surface area contributed by atoms with E-state index in [0.29, 0.717) is 12.3 Å². The van der Waals surface area contributed by atoms with Crippen molar-refractivity contribution >= 4 is 0 Å². The third-order valence-electron chi connectivity index (χ3n) is 4.66. The summed E-state index contributed by atoms with van der Waals surface area (Å²) in [5.74, 6) is 0.646. The molecule has 0 bridgehead atoms. The van der Waals surface area contributed by atoms with Gasteiger partial charge in [0.05, 0.1) is 6.26 Å². The van der Waals surface area contributed by atoms with Crippen LogP contribution in [0, 0.1) is 6.92 Å². The van der Waals surface area contributed by atoms with Crippen LogP contribution >= 0.6 is 0 Å². The molecule has 3 N–H and O–H groups in total. The molecule has 0 aliphatic heterocycles. The minimum atomic E-state index is -0.691. The van der Waals surface area contributed by atoms with Gasteiger partial charge in [-0.25, -0.2) is 0 Å². The third-order valence-corrected chi connectivity index (χ3v) is 4.66. The van der Waals surface area contributed by atoms with Gasteiger partial charge in [-0.1, -0.05) is 24.3 Å². The Labute approximate surface area is 119 Å². The van der Waals surface area contributed by atoms with Gasteiger partial charge in [0.1, 0.15) is 11.9 Å². The summed E-state index contributed by atoms with van der Waals surface area (Å²) in [6.07, 6.45) is 3.94. The molecule has 3 nitrogen and oxygen atoms in total. The summed E-state index contributed by atoms with van der Waals surface area (Å²) in [7, 11) is 0. The van der Waals surface area contributed by atoms with E-state index in [9.17, 15) is 5.11 Å². The lowest BCUT2D eigenvalue weighted by molar-refractivity contribution is 0.0522. The van der Waals surface area contributed by atoms with E-state index in [0.717, 1.165) is 24.8 Å². The number of hydrogen-bond acceptors (Lipinski definition) is 3. The number of rotatable bonds is 3. The molecule has 0 radical (unpaired) electrons. The monoisotopic (exact) mass is 271 g/mol. The summed E-state index contributed by atoms with van der Waals surface area (Å²) in [6.45, 7) is 2.38. The minimum absolute atomic E-state index is 0.422. The van der Waals surface area contributed by atoms with Crippen molar-refractivity contribution in [2.75, 3.05) is 6.54 Å². The zero-order chi connectivity index (χ0) is 14.2. The van der Waals surface area contributed by atoms with Gasteiger partial charge in [-0.2, -0.15) is 0 Å². The number of aliphatic hydroxyl groups is 1. The number of benzene rings is 1. The molecule has 1 aliphatic carbocycles. The van der Waals surface area contributed by atoms with Crippen LogP contribution in [-0.2, 0) is 11.8 Å². The van der Waals surface area contributed by atoms with Crippen LogP contribution in [0.25, 0.3) is 0 Å². The Hall–Kier alpha value is -1.58. The van der Waals surface area contributed by atoms with Crippen molar-refractivity contribution in [3.63, 3.8) is 0 Å². The Morgan fingerprint density at radius 1 is 1.35 bits per heavy atom. The Morgan fingerprint density at radius 3 is 2.85 bits per heavy atom. The average molecular weight is 271 g/mol. The molecular formula is C17H21NO2. The van der Waals surface area contributed by atoms with Crippen LogP contribution < -0.4 is 5.73 Å². The number of aryl methyl sites for hydroxylation is 2. The fourth-order valence-electron chi connectivity index (χ4n) is 3.48. The number of furan rings is 1. The molecule has 0 saturated heterocycles. The van der Waals surface area contributed by atoms with E-state index in [1.54, 1.807) is 6.26 Å². The fourth-order valence-corrected chi connectivity index (χ4v) is 3.48. The second kappa shape index (κ2) is 5.08. The van der Waals surface area contributed by atoms with E-state index in [1.807, 2.05) is 19.1 Å². The van der Waals surface area contributed by atoms with E-state index < -0.39 is 11.5 Å². The molecule has 106 valence electrons. The molecule has 0 spiro atoms. The zero-order valence-corrected chi connectivity index (χ0v) is 11.8. The van der Waals surface area contributed by atoms with Crippen molar-refractivity contribution in [2.45, 2.75) is 37.7 Å². The Bertz CT molecular complexity index is 605. The maximum absolute atomic E-state index is 10.9. The lowest BCUT2D eigenvalue weighted by atomic mass is 9.66. The molecule has 3 rings (SSSR count). The first-order chi connectivity index (χ1) is 9.69. The molecule has 3 heteroatoms. The van der Waals surface area contributed by atoms with Gasteiger partial charge in [0.2, 0.25) is 0 Å². The normalized spacial score (nSPS) is 23.4. The predicted molar refractivity (Wildman–Crippen MR) is 78.5 cm³/mol. The summed E-state index contributed by atoms with van der Waals surface area (Å²) < 4.78 is 5.52. The molecule has 1 aliphatic rings. The molecule has 1 aromatic heterocycles. The van der Waals surface area contributed by atoms with Crippen molar-refractivity contribution in [1.82, 2.24) is 0 Å². The Morgan fingerprint density at radius 2 is 2.15 bits per heavy atom. The summed E-state index contributed by atoms with van der Waals surface area (Å²) in [5, 5.41) is 10.9. The van der Waals surface area contributed by atoms with Crippen molar-refractivity contribution in [3.05, 3.63) is 59.0 Å². The van der Waals surface area contributed by atoms with Crippen LogP contribution in [0.5, 0.6) is 0 Å². The molecule has 0 saturated carbocycles. The van der Waals surface area contributed by atoms with E-state index >= 15 is 0 Å². The fraction of sp³-hybridized carbons (Fsp3) is 0.412. The third kappa shape index (κ3) is 1.89. The maximum Gasteiger partial charge on any atom is 0.136 e. The minimum Gasteiger partial charge on any atom is -0.466 e. The molecule has 20 heavy (non-hydrogen) atoms. The van der Waals surface area contributed by atoms with E-state index in [4.69, 9.17) is 10.2 Å². The molecule has 0 fully saturated rings. The van der Waals surface area contributed by atoms with E-state index in [2.05, 4.69) is 18.2 Å². The Balaban J connectivity index is 2.11. The highest BCUT2D eigenvalue weighted by Crippen LogP contribution is 2.46. The first-order valence-electron chi connectivity index (χ1n) is 7.19. The van der Waals surface area contributed by atoms with Crippen LogP contribution in [-0.4, -0.2) is 11.7 Å². The number of nitrogens with two attached hydrogens (primary N) is 1. The van der Waals surface area contributed by atoms with Crippen molar-refractivity contribution in [2.24, 2.45) is 5.73 Å². The Kier molecular flexibility index (Phi) is 3.40. The molecule has 2 aromatic rings. The highest BCUT2D eigenvalue weighted by atomic mass is 16.4. The molecule has 0 amide bonds. The van der Waals surface area contributed by atoms with Crippen LogP contribution in [0.4, 0.5) is 0 Å². The van der Waals surface area contributed by atoms with Gasteiger partial charge in [-0.15, -0.1) is 0 Å². The van der Waals surface area contributed by atoms with Gasteiger partial charge in [0.15, 0.2) is 0 Å². The first kappa shape index (κ1) is 13.4. The number of aliphatic hydroxyl groups excluding tert-OH is 1.